The van der Waals surface area contributed by atoms with Crippen molar-refractivity contribution in [3.63, 3.8) is 0 Å². The number of carbonyl (C=O) groups excluding carboxylic acids is 1. The molecule has 2 aromatic carbocycles. The maximum atomic E-state index is 13.6. The quantitative estimate of drug-likeness (QED) is 0.889. The van der Waals surface area contributed by atoms with Crippen LogP contribution in [-0.2, 0) is 4.79 Å². The Morgan fingerprint density at radius 1 is 1.24 bits per heavy atom. The Morgan fingerprint density at radius 2 is 2.00 bits per heavy atom. The molecule has 4 nitrogen and oxygen atoms in total. The van der Waals surface area contributed by atoms with Crippen molar-refractivity contribution in [1.29, 1.82) is 5.26 Å². The fourth-order valence-corrected chi connectivity index (χ4v) is 2.04. The number of amides is 1. The first-order chi connectivity index (χ1) is 10.1. The van der Waals surface area contributed by atoms with Gasteiger partial charge in [0.15, 0.2) is 0 Å². The molecule has 0 heterocycles. The maximum Gasteiger partial charge on any atom is 0.243 e. The largest absolute Gasteiger partial charge is 0.374 e. The highest BCUT2D eigenvalue weighted by Crippen LogP contribution is 2.21. The van der Waals surface area contributed by atoms with E-state index < -0.39 is 5.82 Å². The van der Waals surface area contributed by atoms with Crippen molar-refractivity contribution in [3.05, 3.63) is 58.3 Å². The van der Waals surface area contributed by atoms with E-state index in [0.29, 0.717) is 5.69 Å². The number of anilines is 2. The number of carbonyl (C=O) groups is 1. The monoisotopic (exact) mass is 347 g/mol. The van der Waals surface area contributed by atoms with Gasteiger partial charge in [-0.2, -0.15) is 5.26 Å². The van der Waals surface area contributed by atoms with Crippen LogP contribution in [0.15, 0.2) is 46.9 Å². The zero-order valence-electron chi connectivity index (χ0n) is 10.9. The van der Waals surface area contributed by atoms with Crippen molar-refractivity contribution in [1.82, 2.24) is 0 Å². The summed E-state index contributed by atoms with van der Waals surface area (Å²) < 4.78 is 14.4. The van der Waals surface area contributed by atoms with Gasteiger partial charge in [-0.25, -0.2) is 4.39 Å². The number of halogens is 2. The zero-order chi connectivity index (χ0) is 15.2. The third-order valence-electron chi connectivity index (χ3n) is 2.69. The molecule has 2 aromatic rings. The maximum absolute atomic E-state index is 13.6. The van der Waals surface area contributed by atoms with Gasteiger partial charge in [0, 0.05) is 4.47 Å². The molecule has 1 amide bonds. The minimum atomic E-state index is -0.567. The average Bonchev–Trinajstić information content (AvgIpc) is 2.48. The van der Waals surface area contributed by atoms with Crippen molar-refractivity contribution in [2.24, 2.45) is 0 Å². The Balaban J connectivity index is 1.96. The molecule has 0 aliphatic rings. The molecule has 0 atom stereocenters. The second kappa shape index (κ2) is 6.86. The van der Waals surface area contributed by atoms with Crippen LogP contribution in [0.1, 0.15) is 5.56 Å². The number of nitriles is 1. The molecule has 2 N–H and O–H groups in total. The second-order valence-electron chi connectivity index (χ2n) is 4.19. The highest BCUT2D eigenvalue weighted by Gasteiger charge is 2.07. The molecule has 0 saturated carbocycles. The number of rotatable bonds is 4. The van der Waals surface area contributed by atoms with Crippen molar-refractivity contribution in [2.75, 3.05) is 17.2 Å². The molecule has 6 heteroatoms. The summed E-state index contributed by atoms with van der Waals surface area (Å²) in [5, 5.41) is 14.0. The van der Waals surface area contributed by atoms with Crippen LogP contribution in [-0.4, -0.2) is 12.5 Å². The van der Waals surface area contributed by atoms with E-state index in [1.165, 1.54) is 12.1 Å². The van der Waals surface area contributed by atoms with Crippen LogP contribution < -0.4 is 10.6 Å². The van der Waals surface area contributed by atoms with E-state index in [9.17, 15) is 9.18 Å². The predicted molar refractivity (Wildman–Crippen MR) is 82.4 cm³/mol. The molecule has 0 aliphatic carbocycles. The van der Waals surface area contributed by atoms with Gasteiger partial charge in [-0.05, 0) is 46.3 Å². The Kier molecular flexibility index (Phi) is 4.90. The summed E-state index contributed by atoms with van der Waals surface area (Å²) in [5.74, 6) is -0.867. The highest BCUT2D eigenvalue weighted by molar-refractivity contribution is 9.10. The smallest absolute Gasteiger partial charge is 0.243 e. The summed E-state index contributed by atoms with van der Waals surface area (Å²) in [6, 6.07) is 13.1. The molecule has 0 spiro atoms. The molecule has 0 aliphatic heterocycles. The molecule has 0 unspecified atom stereocenters. The van der Waals surface area contributed by atoms with Crippen LogP contribution in [0.2, 0.25) is 0 Å². The van der Waals surface area contributed by atoms with Crippen molar-refractivity contribution in [2.45, 2.75) is 0 Å². The fraction of sp³-hybridized carbons (Fsp3) is 0.0667. The van der Waals surface area contributed by atoms with E-state index >= 15 is 0 Å². The number of benzene rings is 2. The van der Waals surface area contributed by atoms with Crippen LogP contribution in [0.4, 0.5) is 15.8 Å². The molecule has 0 fully saturated rings. The van der Waals surface area contributed by atoms with E-state index in [-0.39, 0.29) is 23.7 Å². The Morgan fingerprint density at radius 3 is 2.67 bits per heavy atom. The van der Waals surface area contributed by atoms with Crippen LogP contribution >= 0.6 is 15.9 Å². The first-order valence-electron chi connectivity index (χ1n) is 6.08. The summed E-state index contributed by atoms with van der Waals surface area (Å²) in [6.07, 6.45) is 0. The third kappa shape index (κ3) is 4.04. The molecule has 2 rings (SSSR count). The summed E-state index contributed by atoms with van der Waals surface area (Å²) in [5.41, 5.74) is 1.05. The molecule has 21 heavy (non-hydrogen) atoms. The lowest BCUT2D eigenvalue weighted by atomic mass is 10.2. The van der Waals surface area contributed by atoms with Gasteiger partial charge in [0.1, 0.15) is 5.82 Å². The number of nitrogens with zero attached hydrogens (tertiary/aromatic N) is 1. The summed E-state index contributed by atoms with van der Waals surface area (Å²) >= 11 is 3.32. The molecule has 0 radical (unpaired) electrons. The lowest BCUT2D eigenvalue weighted by Crippen LogP contribution is -2.22. The molecule has 0 aromatic heterocycles. The van der Waals surface area contributed by atoms with E-state index in [1.807, 2.05) is 18.2 Å². The number of nitrogens with one attached hydrogen (secondary N) is 2. The van der Waals surface area contributed by atoms with Crippen LogP contribution in [0, 0.1) is 17.1 Å². The summed E-state index contributed by atoms with van der Waals surface area (Å²) in [7, 11) is 0. The first kappa shape index (κ1) is 15.0. The Hall–Kier alpha value is -2.39. The van der Waals surface area contributed by atoms with Gasteiger partial charge < -0.3 is 10.6 Å². The summed E-state index contributed by atoms with van der Waals surface area (Å²) in [4.78, 5) is 11.8. The predicted octanol–water partition coefficient (Wildman–Crippen LogP) is 3.51. The lowest BCUT2D eigenvalue weighted by Gasteiger charge is -2.09. The van der Waals surface area contributed by atoms with Crippen molar-refractivity contribution in [3.8, 4) is 6.07 Å². The van der Waals surface area contributed by atoms with Gasteiger partial charge in [0.2, 0.25) is 5.91 Å². The standard InChI is InChI=1S/C15H11BrFN3O/c16-11-3-1-2-4-13(11)20-15(21)9-19-14-6-5-10(8-18)7-12(14)17/h1-7,19H,9H2,(H,20,21). The van der Waals surface area contributed by atoms with E-state index in [0.717, 1.165) is 10.5 Å². The molecular weight excluding hydrogens is 337 g/mol. The van der Waals surface area contributed by atoms with Crippen LogP contribution in [0.25, 0.3) is 0 Å². The van der Waals surface area contributed by atoms with Gasteiger partial charge in [0.05, 0.1) is 29.6 Å². The van der Waals surface area contributed by atoms with E-state index in [1.54, 1.807) is 12.1 Å². The first-order valence-corrected chi connectivity index (χ1v) is 6.87. The average molecular weight is 348 g/mol. The normalized spacial score (nSPS) is 9.76. The highest BCUT2D eigenvalue weighted by atomic mass is 79.9. The molecule has 0 bridgehead atoms. The Labute approximate surface area is 129 Å². The van der Waals surface area contributed by atoms with Gasteiger partial charge in [-0.15, -0.1) is 0 Å². The number of hydrogen-bond donors (Lipinski definition) is 2. The van der Waals surface area contributed by atoms with Crippen LogP contribution in [0.5, 0.6) is 0 Å². The minimum absolute atomic E-state index is 0.0792. The Bertz CT molecular complexity index is 712. The van der Waals surface area contributed by atoms with Gasteiger partial charge in [-0.3, -0.25) is 4.79 Å². The van der Waals surface area contributed by atoms with Gasteiger partial charge >= 0.3 is 0 Å². The number of hydrogen-bond acceptors (Lipinski definition) is 3. The topological polar surface area (TPSA) is 64.9 Å². The van der Waals surface area contributed by atoms with Crippen molar-refractivity contribution >= 4 is 33.2 Å². The van der Waals surface area contributed by atoms with Crippen LogP contribution in [0.3, 0.4) is 0 Å². The lowest BCUT2D eigenvalue weighted by molar-refractivity contribution is -0.114. The zero-order valence-corrected chi connectivity index (χ0v) is 12.4. The minimum Gasteiger partial charge on any atom is -0.374 e. The van der Waals surface area contributed by atoms with Gasteiger partial charge in [0.25, 0.3) is 0 Å². The third-order valence-corrected chi connectivity index (χ3v) is 3.38. The van der Waals surface area contributed by atoms with Crippen molar-refractivity contribution < 1.29 is 9.18 Å². The van der Waals surface area contributed by atoms with Gasteiger partial charge in [-0.1, -0.05) is 12.1 Å². The number of para-hydroxylation sites is 1. The summed E-state index contributed by atoms with van der Waals surface area (Å²) in [6.45, 7) is -0.0792. The van der Waals surface area contributed by atoms with E-state index in [2.05, 4.69) is 26.6 Å². The molecule has 0 saturated heterocycles. The SMILES string of the molecule is N#Cc1ccc(NCC(=O)Nc2ccccc2Br)c(F)c1. The second-order valence-corrected chi connectivity index (χ2v) is 5.04. The molecule has 106 valence electrons. The van der Waals surface area contributed by atoms with E-state index in [4.69, 9.17) is 5.26 Å². The fourth-order valence-electron chi connectivity index (χ4n) is 1.66. The molecular formula is C15H11BrFN3O.